The quantitative estimate of drug-likeness (QED) is 0.404. The van der Waals surface area contributed by atoms with Gasteiger partial charge < -0.3 is 4.90 Å². The highest BCUT2D eigenvalue weighted by molar-refractivity contribution is 9.10. The highest BCUT2D eigenvalue weighted by atomic mass is 79.9. The Kier molecular flexibility index (Phi) is 7.16. The molecule has 0 amide bonds. The van der Waals surface area contributed by atoms with Crippen LogP contribution in [0.1, 0.15) is 0 Å². The lowest BCUT2D eigenvalue weighted by Gasteiger charge is -2.22. The van der Waals surface area contributed by atoms with Gasteiger partial charge in [-0.2, -0.15) is 10.2 Å². The second kappa shape index (κ2) is 9.13. The first-order valence-corrected chi connectivity index (χ1v) is 8.73. The van der Waals surface area contributed by atoms with E-state index < -0.39 is 0 Å². The van der Waals surface area contributed by atoms with Gasteiger partial charge in [0, 0.05) is 35.0 Å². The van der Waals surface area contributed by atoms with Crippen LogP contribution in [0.2, 0.25) is 0 Å². The van der Waals surface area contributed by atoms with E-state index in [1.54, 1.807) is 0 Å². The third-order valence-corrected chi connectivity index (χ3v) is 3.84. The predicted octanol–water partition coefficient (Wildman–Crippen LogP) is 6.15. The molecule has 2 aromatic carbocycles. The molecular weight excluding hydrogens is 385 g/mol. The molecule has 0 spiro atoms. The third-order valence-electron chi connectivity index (χ3n) is 3.01. The minimum atomic E-state index is 0.571. The van der Waals surface area contributed by atoms with Gasteiger partial charge in [-0.25, -0.2) is 0 Å². The van der Waals surface area contributed by atoms with Crippen LogP contribution in [0.5, 0.6) is 0 Å². The second-order valence-corrected chi connectivity index (χ2v) is 6.23. The Labute approximate surface area is 149 Å². The molecule has 6 heteroatoms. The Morgan fingerprint density at radius 1 is 0.864 bits per heavy atom. The van der Waals surface area contributed by atoms with Gasteiger partial charge in [0.2, 0.25) is 0 Å². The Morgan fingerprint density at radius 3 is 2.09 bits per heavy atom. The molecule has 0 heterocycles. The number of hydrogen-bond acceptors (Lipinski definition) is 3. The zero-order valence-electron chi connectivity index (χ0n) is 11.9. The summed E-state index contributed by atoms with van der Waals surface area (Å²) in [5.41, 5.74) is 2.70. The molecule has 0 aliphatic rings. The zero-order valence-corrected chi connectivity index (χ0v) is 15.0. The molecule has 3 nitrogen and oxygen atoms in total. The molecule has 0 saturated heterocycles. The SMILES string of the molecule is ClCCN(CCCl)c1ccc(N=Nc2cccc(Br)c2)cc1. The Morgan fingerprint density at radius 2 is 1.50 bits per heavy atom. The lowest BCUT2D eigenvalue weighted by atomic mass is 10.2. The van der Waals surface area contributed by atoms with Gasteiger partial charge >= 0.3 is 0 Å². The second-order valence-electron chi connectivity index (χ2n) is 4.56. The number of halogens is 3. The van der Waals surface area contributed by atoms with E-state index in [9.17, 15) is 0 Å². The first-order chi connectivity index (χ1) is 10.7. The van der Waals surface area contributed by atoms with Crippen LogP contribution in [0.4, 0.5) is 17.1 Å². The van der Waals surface area contributed by atoms with Crippen LogP contribution in [0.3, 0.4) is 0 Å². The molecule has 0 aromatic heterocycles. The highest BCUT2D eigenvalue weighted by Crippen LogP contribution is 2.24. The van der Waals surface area contributed by atoms with Gasteiger partial charge in [-0.05, 0) is 42.5 Å². The molecule has 2 rings (SSSR count). The summed E-state index contributed by atoms with van der Waals surface area (Å²) < 4.78 is 0.983. The monoisotopic (exact) mass is 399 g/mol. The summed E-state index contributed by atoms with van der Waals surface area (Å²) in [5, 5.41) is 8.47. The van der Waals surface area contributed by atoms with Crippen molar-refractivity contribution >= 4 is 56.2 Å². The van der Waals surface area contributed by atoms with E-state index in [1.165, 1.54) is 0 Å². The van der Waals surface area contributed by atoms with Crippen LogP contribution in [0, 0.1) is 0 Å². The largest absolute Gasteiger partial charge is 0.369 e. The number of alkyl halides is 2. The maximum absolute atomic E-state index is 5.82. The minimum Gasteiger partial charge on any atom is -0.369 e. The maximum Gasteiger partial charge on any atom is 0.0868 e. The van der Waals surface area contributed by atoms with Gasteiger partial charge in [0.15, 0.2) is 0 Å². The van der Waals surface area contributed by atoms with Crippen molar-refractivity contribution in [3.8, 4) is 0 Å². The molecule has 0 fully saturated rings. The van der Waals surface area contributed by atoms with Crippen molar-refractivity contribution in [2.75, 3.05) is 29.7 Å². The van der Waals surface area contributed by atoms with Crippen molar-refractivity contribution in [1.82, 2.24) is 0 Å². The normalized spacial score (nSPS) is 11.0. The van der Waals surface area contributed by atoms with E-state index in [-0.39, 0.29) is 0 Å². The fourth-order valence-electron chi connectivity index (χ4n) is 1.96. The molecule has 116 valence electrons. The number of benzene rings is 2. The summed E-state index contributed by atoms with van der Waals surface area (Å²) in [6.45, 7) is 1.54. The standard InChI is InChI=1S/C16H16BrCl2N3/c17-13-2-1-3-15(12-13)21-20-14-4-6-16(7-5-14)22(10-8-18)11-9-19/h1-7,12H,8-11H2. The van der Waals surface area contributed by atoms with Gasteiger partial charge in [0.25, 0.3) is 0 Å². The third kappa shape index (κ3) is 5.27. The lowest BCUT2D eigenvalue weighted by molar-refractivity contribution is 0.874. The van der Waals surface area contributed by atoms with Crippen LogP contribution < -0.4 is 4.90 Å². The number of anilines is 1. The molecular formula is C16H16BrCl2N3. The smallest absolute Gasteiger partial charge is 0.0868 e. The average molecular weight is 401 g/mol. The summed E-state index contributed by atoms with van der Waals surface area (Å²) in [4.78, 5) is 2.15. The molecule has 22 heavy (non-hydrogen) atoms. The van der Waals surface area contributed by atoms with Crippen molar-refractivity contribution in [2.45, 2.75) is 0 Å². The summed E-state index contributed by atoms with van der Waals surface area (Å²) in [6.07, 6.45) is 0. The van der Waals surface area contributed by atoms with Crippen molar-refractivity contribution in [1.29, 1.82) is 0 Å². The zero-order chi connectivity index (χ0) is 15.8. The number of nitrogens with zero attached hydrogens (tertiary/aromatic N) is 3. The van der Waals surface area contributed by atoms with Crippen molar-refractivity contribution < 1.29 is 0 Å². The predicted molar refractivity (Wildman–Crippen MR) is 98.4 cm³/mol. The molecule has 0 saturated carbocycles. The summed E-state index contributed by atoms with van der Waals surface area (Å²) in [7, 11) is 0. The van der Waals surface area contributed by atoms with E-state index in [0.717, 1.165) is 34.6 Å². The van der Waals surface area contributed by atoms with E-state index in [1.807, 2.05) is 48.5 Å². The Bertz CT molecular complexity index is 611. The van der Waals surface area contributed by atoms with E-state index >= 15 is 0 Å². The summed E-state index contributed by atoms with van der Waals surface area (Å²) in [5.74, 6) is 1.14. The summed E-state index contributed by atoms with van der Waals surface area (Å²) in [6, 6.07) is 15.6. The van der Waals surface area contributed by atoms with Crippen molar-refractivity contribution in [3.63, 3.8) is 0 Å². The van der Waals surface area contributed by atoms with Crippen LogP contribution in [-0.4, -0.2) is 24.8 Å². The molecule has 2 aromatic rings. The molecule has 0 aliphatic carbocycles. The van der Waals surface area contributed by atoms with Crippen LogP contribution in [-0.2, 0) is 0 Å². The van der Waals surface area contributed by atoms with Crippen molar-refractivity contribution in [2.24, 2.45) is 10.2 Å². The highest BCUT2D eigenvalue weighted by Gasteiger charge is 2.04. The number of azo groups is 1. The van der Waals surface area contributed by atoms with Gasteiger partial charge in [0.05, 0.1) is 11.4 Å². The van der Waals surface area contributed by atoms with Crippen LogP contribution in [0.15, 0.2) is 63.2 Å². The molecule has 0 unspecified atom stereocenters. The molecule has 0 radical (unpaired) electrons. The number of hydrogen-bond donors (Lipinski definition) is 0. The molecule has 0 bridgehead atoms. The number of rotatable bonds is 7. The molecule has 0 aliphatic heterocycles. The topological polar surface area (TPSA) is 28.0 Å². The van der Waals surface area contributed by atoms with Gasteiger partial charge in [-0.15, -0.1) is 23.2 Å². The van der Waals surface area contributed by atoms with Gasteiger partial charge in [0.1, 0.15) is 0 Å². The molecule has 0 atom stereocenters. The maximum atomic E-state index is 5.82. The van der Waals surface area contributed by atoms with Gasteiger partial charge in [-0.1, -0.05) is 22.0 Å². The lowest BCUT2D eigenvalue weighted by Crippen LogP contribution is -2.27. The van der Waals surface area contributed by atoms with E-state index in [2.05, 4.69) is 31.1 Å². The van der Waals surface area contributed by atoms with E-state index in [0.29, 0.717) is 11.8 Å². The van der Waals surface area contributed by atoms with E-state index in [4.69, 9.17) is 23.2 Å². The fraction of sp³-hybridized carbons (Fsp3) is 0.250. The first kappa shape index (κ1) is 17.3. The summed E-state index contributed by atoms with van der Waals surface area (Å²) >= 11 is 15.1. The molecule has 0 N–H and O–H groups in total. The Hall–Kier alpha value is -1.10. The van der Waals surface area contributed by atoms with Crippen LogP contribution >= 0.6 is 39.1 Å². The first-order valence-electron chi connectivity index (χ1n) is 6.87. The Balaban J connectivity index is 2.08. The minimum absolute atomic E-state index is 0.571. The van der Waals surface area contributed by atoms with Crippen molar-refractivity contribution in [3.05, 3.63) is 53.0 Å². The van der Waals surface area contributed by atoms with Gasteiger partial charge in [-0.3, -0.25) is 0 Å². The fourth-order valence-corrected chi connectivity index (χ4v) is 2.75. The van der Waals surface area contributed by atoms with Crippen LogP contribution in [0.25, 0.3) is 0 Å². The average Bonchev–Trinajstić information content (AvgIpc) is 2.53.